The predicted molar refractivity (Wildman–Crippen MR) is 84.2 cm³/mol. The number of ketones is 1. The number of aromatic nitrogens is 2. The maximum absolute atomic E-state index is 12.1. The zero-order valence-corrected chi connectivity index (χ0v) is 12.1. The van der Waals surface area contributed by atoms with Gasteiger partial charge in [-0.25, -0.2) is 0 Å². The molecule has 1 heterocycles. The molecule has 1 aromatic heterocycles. The molecule has 21 heavy (non-hydrogen) atoms. The Balaban J connectivity index is 2.23. The second-order valence-electron chi connectivity index (χ2n) is 5.06. The Morgan fingerprint density at radius 3 is 2.33 bits per heavy atom. The van der Waals surface area contributed by atoms with Crippen molar-refractivity contribution in [2.75, 3.05) is 0 Å². The van der Waals surface area contributed by atoms with Gasteiger partial charge in [0.2, 0.25) is 0 Å². The number of rotatable bonds is 3. The van der Waals surface area contributed by atoms with Crippen molar-refractivity contribution in [3.63, 3.8) is 0 Å². The summed E-state index contributed by atoms with van der Waals surface area (Å²) in [4.78, 5) is 12.1. The van der Waals surface area contributed by atoms with Crippen molar-refractivity contribution in [3.05, 3.63) is 65.7 Å². The van der Waals surface area contributed by atoms with Gasteiger partial charge in [0.25, 0.3) is 0 Å². The SMILES string of the molecule is CC(=O)c1c(-c2ccccc2)n[nH]c1-c1ccccc1C. The molecule has 0 spiro atoms. The number of carbonyl (C=O) groups is 1. The molecule has 0 saturated heterocycles. The Bertz CT molecular complexity index is 788. The lowest BCUT2D eigenvalue weighted by molar-refractivity contribution is 0.101. The van der Waals surface area contributed by atoms with E-state index in [4.69, 9.17) is 0 Å². The molecular formula is C18H16N2O. The third-order valence-electron chi connectivity index (χ3n) is 3.58. The van der Waals surface area contributed by atoms with Crippen molar-refractivity contribution in [2.45, 2.75) is 13.8 Å². The monoisotopic (exact) mass is 276 g/mol. The summed E-state index contributed by atoms with van der Waals surface area (Å²) in [5, 5.41) is 7.42. The van der Waals surface area contributed by atoms with Crippen molar-refractivity contribution in [2.24, 2.45) is 0 Å². The Hall–Kier alpha value is -2.68. The van der Waals surface area contributed by atoms with Gasteiger partial charge in [-0.15, -0.1) is 0 Å². The molecule has 3 rings (SSSR count). The molecule has 104 valence electrons. The quantitative estimate of drug-likeness (QED) is 0.727. The number of nitrogens with zero attached hydrogens (tertiary/aromatic N) is 1. The first kappa shape index (κ1) is 13.3. The minimum atomic E-state index is 0.0147. The largest absolute Gasteiger partial charge is 0.294 e. The zero-order chi connectivity index (χ0) is 14.8. The van der Waals surface area contributed by atoms with Gasteiger partial charge in [0.15, 0.2) is 5.78 Å². The van der Waals surface area contributed by atoms with E-state index in [0.29, 0.717) is 11.3 Å². The van der Waals surface area contributed by atoms with Gasteiger partial charge in [-0.3, -0.25) is 9.89 Å². The van der Waals surface area contributed by atoms with Crippen molar-refractivity contribution >= 4 is 5.78 Å². The van der Waals surface area contributed by atoms with E-state index in [-0.39, 0.29) is 5.78 Å². The first-order chi connectivity index (χ1) is 10.2. The fourth-order valence-electron chi connectivity index (χ4n) is 2.54. The van der Waals surface area contributed by atoms with E-state index in [0.717, 1.165) is 22.4 Å². The Kier molecular flexibility index (Phi) is 3.40. The van der Waals surface area contributed by atoms with E-state index < -0.39 is 0 Å². The summed E-state index contributed by atoms with van der Waals surface area (Å²) in [5.74, 6) is 0.0147. The van der Waals surface area contributed by atoms with Gasteiger partial charge >= 0.3 is 0 Å². The molecule has 0 aliphatic carbocycles. The van der Waals surface area contributed by atoms with Crippen LogP contribution in [-0.4, -0.2) is 16.0 Å². The van der Waals surface area contributed by atoms with Crippen LogP contribution in [0.2, 0.25) is 0 Å². The maximum atomic E-state index is 12.1. The smallest absolute Gasteiger partial charge is 0.164 e. The molecule has 0 saturated carbocycles. The van der Waals surface area contributed by atoms with Crippen molar-refractivity contribution in [1.82, 2.24) is 10.2 Å². The molecule has 3 aromatic rings. The molecule has 3 heteroatoms. The first-order valence-electron chi connectivity index (χ1n) is 6.89. The van der Waals surface area contributed by atoms with E-state index in [2.05, 4.69) is 10.2 Å². The molecule has 0 aliphatic rings. The molecule has 0 bridgehead atoms. The highest BCUT2D eigenvalue weighted by atomic mass is 16.1. The molecule has 0 aliphatic heterocycles. The number of aromatic amines is 1. The summed E-state index contributed by atoms with van der Waals surface area (Å²) in [6.07, 6.45) is 0. The number of hydrogen-bond donors (Lipinski definition) is 1. The van der Waals surface area contributed by atoms with Gasteiger partial charge in [0.05, 0.1) is 11.3 Å². The minimum absolute atomic E-state index is 0.0147. The van der Waals surface area contributed by atoms with Gasteiger partial charge in [0, 0.05) is 11.1 Å². The Morgan fingerprint density at radius 2 is 1.67 bits per heavy atom. The topological polar surface area (TPSA) is 45.8 Å². The van der Waals surface area contributed by atoms with Crippen LogP contribution in [0.4, 0.5) is 0 Å². The van der Waals surface area contributed by atoms with Gasteiger partial charge in [0.1, 0.15) is 5.69 Å². The first-order valence-corrected chi connectivity index (χ1v) is 6.89. The number of hydrogen-bond acceptors (Lipinski definition) is 2. The lowest BCUT2D eigenvalue weighted by Crippen LogP contribution is -1.97. The van der Waals surface area contributed by atoms with Gasteiger partial charge < -0.3 is 0 Å². The standard InChI is InChI=1S/C18H16N2O/c1-12-8-6-7-11-15(12)18-16(13(2)21)17(19-20-18)14-9-4-3-5-10-14/h3-11H,1-2H3,(H,19,20). The summed E-state index contributed by atoms with van der Waals surface area (Å²) in [6.45, 7) is 3.61. The molecule has 0 unspecified atom stereocenters. The van der Waals surface area contributed by atoms with Crippen LogP contribution in [0.1, 0.15) is 22.8 Å². The number of nitrogens with one attached hydrogen (secondary N) is 1. The van der Waals surface area contributed by atoms with E-state index in [1.165, 1.54) is 0 Å². The van der Waals surface area contributed by atoms with Crippen LogP contribution in [0.25, 0.3) is 22.5 Å². The molecule has 0 atom stereocenters. The number of Topliss-reactive ketones (excluding diaryl/α,β-unsaturated/α-hetero) is 1. The fourth-order valence-corrected chi connectivity index (χ4v) is 2.54. The Labute approximate surface area is 123 Å². The summed E-state index contributed by atoms with van der Waals surface area (Å²) in [6, 6.07) is 17.8. The summed E-state index contributed by atoms with van der Waals surface area (Å²) < 4.78 is 0. The number of H-pyrrole nitrogens is 1. The van der Waals surface area contributed by atoms with Crippen molar-refractivity contribution < 1.29 is 4.79 Å². The van der Waals surface area contributed by atoms with Crippen molar-refractivity contribution in [1.29, 1.82) is 0 Å². The van der Waals surface area contributed by atoms with Crippen LogP contribution in [0.3, 0.4) is 0 Å². The Morgan fingerprint density at radius 1 is 1.00 bits per heavy atom. The van der Waals surface area contributed by atoms with E-state index in [1.54, 1.807) is 6.92 Å². The molecule has 0 radical (unpaired) electrons. The summed E-state index contributed by atoms with van der Waals surface area (Å²) >= 11 is 0. The van der Waals surface area contributed by atoms with Crippen LogP contribution < -0.4 is 0 Å². The second-order valence-corrected chi connectivity index (χ2v) is 5.06. The zero-order valence-electron chi connectivity index (χ0n) is 12.1. The third-order valence-corrected chi connectivity index (χ3v) is 3.58. The minimum Gasteiger partial charge on any atom is -0.294 e. The lowest BCUT2D eigenvalue weighted by atomic mass is 9.97. The van der Waals surface area contributed by atoms with Gasteiger partial charge in [-0.05, 0) is 19.4 Å². The normalized spacial score (nSPS) is 10.6. The van der Waals surface area contributed by atoms with E-state index in [9.17, 15) is 4.79 Å². The lowest BCUT2D eigenvalue weighted by Gasteiger charge is -2.06. The highest BCUT2D eigenvalue weighted by Crippen LogP contribution is 2.31. The number of carbonyl (C=O) groups excluding carboxylic acids is 1. The van der Waals surface area contributed by atoms with Crippen LogP contribution in [0.5, 0.6) is 0 Å². The number of aryl methyl sites for hydroxylation is 1. The van der Waals surface area contributed by atoms with Gasteiger partial charge in [-0.2, -0.15) is 5.10 Å². The average Bonchev–Trinajstić information content (AvgIpc) is 2.93. The predicted octanol–water partition coefficient (Wildman–Crippen LogP) is 4.25. The van der Waals surface area contributed by atoms with Crippen molar-refractivity contribution in [3.8, 4) is 22.5 Å². The highest BCUT2D eigenvalue weighted by molar-refractivity contribution is 6.05. The fraction of sp³-hybridized carbons (Fsp3) is 0.111. The van der Waals surface area contributed by atoms with Crippen LogP contribution >= 0.6 is 0 Å². The molecule has 0 amide bonds. The van der Waals surface area contributed by atoms with E-state index in [1.807, 2.05) is 61.5 Å². The van der Waals surface area contributed by atoms with Crippen LogP contribution in [0, 0.1) is 6.92 Å². The average molecular weight is 276 g/mol. The molecular weight excluding hydrogens is 260 g/mol. The summed E-state index contributed by atoms with van der Waals surface area (Å²) in [5.41, 5.74) is 5.22. The molecule has 3 nitrogen and oxygen atoms in total. The van der Waals surface area contributed by atoms with Crippen LogP contribution in [-0.2, 0) is 0 Å². The van der Waals surface area contributed by atoms with Gasteiger partial charge in [-0.1, -0.05) is 54.6 Å². The van der Waals surface area contributed by atoms with Crippen LogP contribution in [0.15, 0.2) is 54.6 Å². The highest BCUT2D eigenvalue weighted by Gasteiger charge is 2.20. The molecule has 1 N–H and O–H groups in total. The van der Waals surface area contributed by atoms with E-state index >= 15 is 0 Å². The number of benzene rings is 2. The maximum Gasteiger partial charge on any atom is 0.164 e. The third kappa shape index (κ3) is 2.38. The molecule has 2 aromatic carbocycles. The second kappa shape index (κ2) is 5.37. The molecule has 0 fully saturated rings. The summed E-state index contributed by atoms with van der Waals surface area (Å²) in [7, 11) is 0.